The van der Waals surface area contributed by atoms with Gasteiger partial charge in [0.25, 0.3) is 0 Å². The first-order valence-electron chi connectivity index (χ1n) is 6.89. The van der Waals surface area contributed by atoms with Crippen molar-refractivity contribution in [3.8, 4) is 0 Å². The molecule has 0 amide bonds. The van der Waals surface area contributed by atoms with Crippen LogP contribution in [0.3, 0.4) is 0 Å². The molecule has 2 atom stereocenters. The van der Waals surface area contributed by atoms with E-state index in [0.29, 0.717) is 5.92 Å². The summed E-state index contributed by atoms with van der Waals surface area (Å²) >= 11 is 8.11. The lowest BCUT2D eigenvalue weighted by molar-refractivity contribution is 0.259. The maximum absolute atomic E-state index is 6.48. The van der Waals surface area contributed by atoms with Crippen molar-refractivity contribution in [3.63, 3.8) is 0 Å². The molecule has 0 radical (unpaired) electrons. The summed E-state index contributed by atoms with van der Waals surface area (Å²) in [5.74, 6) is 0.564. The lowest BCUT2D eigenvalue weighted by atomic mass is 9.80. The SMILES string of the molecule is CC(Cc1nnc(C(Cl)c2ccccc2)s1)C(C)(C)C. The minimum atomic E-state index is -0.201. The van der Waals surface area contributed by atoms with Crippen LogP contribution in [0.15, 0.2) is 30.3 Å². The molecule has 0 saturated carbocycles. The van der Waals surface area contributed by atoms with Crippen molar-refractivity contribution in [2.75, 3.05) is 0 Å². The van der Waals surface area contributed by atoms with Crippen molar-refractivity contribution in [1.29, 1.82) is 0 Å². The molecule has 0 fully saturated rings. The Kier molecular flexibility index (Phi) is 4.82. The average molecular weight is 309 g/mol. The van der Waals surface area contributed by atoms with E-state index < -0.39 is 0 Å². The van der Waals surface area contributed by atoms with Crippen LogP contribution in [0.25, 0.3) is 0 Å². The summed E-state index contributed by atoms with van der Waals surface area (Å²) in [4.78, 5) is 0. The fourth-order valence-electron chi connectivity index (χ4n) is 1.78. The summed E-state index contributed by atoms with van der Waals surface area (Å²) in [6, 6.07) is 10.0. The van der Waals surface area contributed by atoms with Crippen molar-refractivity contribution in [2.24, 2.45) is 11.3 Å². The lowest BCUT2D eigenvalue weighted by Gasteiger charge is -2.26. The number of alkyl halides is 1. The molecule has 0 saturated heterocycles. The predicted molar refractivity (Wildman–Crippen MR) is 86.4 cm³/mol. The van der Waals surface area contributed by atoms with Gasteiger partial charge in [0.2, 0.25) is 0 Å². The van der Waals surface area contributed by atoms with Crippen LogP contribution in [0.1, 0.15) is 48.7 Å². The molecule has 2 nitrogen and oxygen atoms in total. The second kappa shape index (κ2) is 6.23. The van der Waals surface area contributed by atoms with E-state index in [1.807, 2.05) is 30.3 Å². The molecule has 2 aromatic rings. The first-order chi connectivity index (χ1) is 9.38. The zero-order valence-corrected chi connectivity index (χ0v) is 14.0. The standard InChI is InChI=1S/C16H21ClN2S/c1-11(16(2,3)4)10-13-18-19-15(20-13)14(17)12-8-6-5-7-9-12/h5-9,11,14H,10H2,1-4H3. The number of halogens is 1. The molecule has 1 heterocycles. The molecule has 0 aliphatic carbocycles. The third-order valence-electron chi connectivity index (χ3n) is 3.75. The average Bonchev–Trinajstić information content (AvgIpc) is 2.86. The second-order valence-electron chi connectivity index (χ2n) is 6.28. The predicted octanol–water partition coefficient (Wildman–Crippen LogP) is 5.09. The Morgan fingerprint density at radius 3 is 2.40 bits per heavy atom. The first-order valence-corrected chi connectivity index (χ1v) is 8.14. The minimum absolute atomic E-state index is 0.201. The molecule has 2 rings (SSSR count). The van der Waals surface area contributed by atoms with Crippen LogP contribution in [0, 0.1) is 11.3 Å². The van der Waals surface area contributed by atoms with E-state index in [4.69, 9.17) is 11.6 Å². The van der Waals surface area contributed by atoms with Crippen molar-refractivity contribution >= 4 is 22.9 Å². The molecule has 20 heavy (non-hydrogen) atoms. The Balaban J connectivity index is 2.10. The van der Waals surface area contributed by atoms with E-state index >= 15 is 0 Å². The molecule has 2 unspecified atom stereocenters. The molecule has 0 bridgehead atoms. The van der Waals surface area contributed by atoms with Crippen LogP contribution in [0.4, 0.5) is 0 Å². The van der Waals surface area contributed by atoms with Gasteiger partial charge in [-0.1, -0.05) is 69.4 Å². The number of hydrogen-bond donors (Lipinski definition) is 0. The molecular weight excluding hydrogens is 288 g/mol. The van der Waals surface area contributed by atoms with E-state index in [0.717, 1.165) is 22.0 Å². The van der Waals surface area contributed by atoms with E-state index in [-0.39, 0.29) is 10.8 Å². The quantitative estimate of drug-likeness (QED) is 0.735. The summed E-state index contributed by atoms with van der Waals surface area (Å²) < 4.78 is 0. The molecule has 4 heteroatoms. The Bertz CT molecular complexity index is 545. The molecule has 108 valence electrons. The first kappa shape index (κ1) is 15.5. The normalized spacial score (nSPS) is 15.1. The van der Waals surface area contributed by atoms with Crippen molar-refractivity contribution < 1.29 is 0 Å². The Morgan fingerprint density at radius 2 is 1.80 bits per heavy atom. The van der Waals surface area contributed by atoms with Crippen LogP contribution >= 0.6 is 22.9 Å². The summed E-state index contributed by atoms with van der Waals surface area (Å²) in [5, 5.41) is 10.3. The molecule has 1 aromatic carbocycles. The van der Waals surface area contributed by atoms with Gasteiger partial charge in [-0.05, 0) is 16.9 Å². The van der Waals surface area contributed by atoms with Crippen LogP contribution in [-0.2, 0) is 6.42 Å². The summed E-state index contributed by atoms with van der Waals surface area (Å²) in [6.07, 6.45) is 0.958. The third kappa shape index (κ3) is 3.80. The second-order valence-corrected chi connectivity index (χ2v) is 7.81. The number of aromatic nitrogens is 2. The van der Waals surface area contributed by atoms with Crippen molar-refractivity contribution in [1.82, 2.24) is 10.2 Å². The zero-order valence-electron chi connectivity index (χ0n) is 12.4. The topological polar surface area (TPSA) is 25.8 Å². The van der Waals surface area contributed by atoms with Gasteiger partial charge in [0.15, 0.2) is 0 Å². The Labute approximate surface area is 130 Å². The molecule has 0 spiro atoms. The summed E-state index contributed by atoms with van der Waals surface area (Å²) in [7, 11) is 0. The monoisotopic (exact) mass is 308 g/mol. The third-order valence-corrected chi connectivity index (χ3v) is 5.35. The summed E-state index contributed by atoms with van der Waals surface area (Å²) in [6.45, 7) is 9.03. The smallest absolute Gasteiger partial charge is 0.139 e. The molecule has 1 aromatic heterocycles. The Hall–Kier alpha value is -0.930. The van der Waals surface area contributed by atoms with Crippen LogP contribution in [0.2, 0.25) is 0 Å². The maximum Gasteiger partial charge on any atom is 0.139 e. The number of nitrogens with zero attached hydrogens (tertiary/aromatic N) is 2. The number of benzene rings is 1. The fraction of sp³-hybridized carbons (Fsp3) is 0.500. The van der Waals surface area contributed by atoms with Gasteiger partial charge in [0.05, 0.1) is 0 Å². The zero-order chi connectivity index (χ0) is 14.8. The molecule has 0 N–H and O–H groups in total. The van der Waals surface area contributed by atoms with E-state index in [9.17, 15) is 0 Å². The fourth-order valence-corrected chi connectivity index (χ4v) is 3.08. The lowest BCUT2D eigenvalue weighted by Crippen LogP contribution is -2.19. The summed E-state index contributed by atoms with van der Waals surface area (Å²) in [5.41, 5.74) is 1.35. The van der Waals surface area contributed by atoms with Gasteiger partial charge in [-0.2, -0.15) is 0 Å². The highest BCUT2D eigenvalue weighted by molar-refractivity contribution is 7.11. The largest absolute Gasteiger partial charge is 0.143 e. The van der Waals surface area contributed by atoms with Crippen molar-refractivity contribution in [3.05, 3.63) is 45.9 Å². The van der Waals surface area contributed by atoms with Crippen LogP contribution in [0.5, 0.6) is 0 Å². The number of rotatable bonds is 4. The molecule has 0 aliphatic heterocycles. The van der Waals surface area contributed by atoms with Crippen molar-refractivity contribution in [2.45, 2.75) is 39.5 Å². The highest BCUT2D eigenvalue weighted by Crippen LogP contribution is 2.33. The molecular formula is C16H21ClN2S. The van der Waals surface area contributed by atoms with Crippen LogP contribution in [-0.4, -0.2) is 10.2 Å². The van der Waals surface area contributed by atoms with Gasteiger partial charge in [-0.3, -0.25) is 0 Å². The number of hydrogen-bond acceptors (Lipinski definition) is 3. The van der Waals surface area contributed by atoms with Gasteiger partial charge >= 0.3 is 0 Å². The van der Waals surface area contributed by atoms with E-state index in [1.165, 1.54) is 0 Å². The van der Waals surface area contributed by atoms with Gasteiger partial charge in [-0.25, -0.2) is 0 Å². The van der Waals surface area contributed by atoms with Gasteiger partial charge in [-0.15, -0.1) is 21.8 Å². The van der Waals surface area contributed by atoms with Gasteiger partial charge in [0, 0.05) is 6.42 Å². The Morgan fingerprint density at radius 1 is 1.15 bits per heavy atom. The molecule has 0 aliphatic rings. The van der Waals surface area contributed by atoms with Gasteiger partial charge < -0.3 is 0 Å². The highest BCUT2D eigenvalue weighted by Gasteiger charge is 2.23. The van der Waals surface area contributed by atoms with Gasteiger partial charge in [0.1, 0.15) is 15.4 Å². The van der Waals surface area contributed by atoms with Crippen LogP contribution < -0.4 is 0 Å². The maximum atomic E-state index is 6.48. The van der Waals surface area contributed by atoms with E-state index in [2.05, 4.69) is 37.9 Å². The minimum Gasteiger partial charge on any atom is -0.143 e. The van der Waals surface area contributed by atoms with E-state index in [1.54, 1.807) is 11.3 Å². The highest BCUT2D eigenvalue weighted by atomic mass is 35.5.